The maximum atomic E-state index is 13.8. The van der Waals surface area contributed by atoms with Crippen LogP contribution in [-0.2, 0) is 10.0 Å². The molecule has 0 unspecified atom stereocenters. The van der Waals surface area contributed by atoms with Crippen LogP contribution >= 0.6 is 0 Å². The van der Waals surface area contributed by atoms with Gasteiger partial charge >= 0.3 is 0 Å². The molecule has 0 aliphatic heterocycles. The predicted molar refractivity (Wildman–Crippen MR) is 101 cm³/mol. The minimum atomic E-state index is -4.27. The third-order valence-electron chi connectivity index (χ3n) is 5.06. The van der Waals surface area contributed by atoms with Crippen molar-refractivity contribution in [3.05, 3.63) is 60.8 Å². The lowest BCUT2D eigenvalue weighted by Gasteiger charge is -2.29. The Morgan fingerprint density at radius 2 is 1.79 bits per heavy atom. The van der Waals surface area contributed by atoms with E-state index in [9.17, 15) is 17.2 Å². The molecule has 152 valence electrons. The van der Waals surface area contributed by atoms with Crippen molar-refractivity contribution in [3.63, 3.8) is 0 Å². The highest BCUT2D eigenvalue weighted by Gasteiger charge is 2.30. The summed E-state index contributed by atoms with van der Waals surface area (Å²) in [4.78, 5) is 7.17. The molecule has 0 bridgehead atoms. The van der Waals surface area contributed by atoms with E-state index in [-0.39, 0.29) is 12.1 Å². The smallest absolute Gasteiger partial charge is 0.246 e. The molecule has 1 aromatic carbocycles. The molecule has 1 aliphatic rings. The number of benzene rings is 1. The van der Waals surface area contributed by atoms with Crippen molar-refractivity contribution in [2.45, 2.75) is 42.7 Å². The number of hydrogen-bond donors (Lipinski definition) is 1. The molecule has 2 aromatic heterocycles. The normalized spacial score (nSPS) is 19.9. The second-order valence-corrected chi connectivity index (χ2v) is 8.63. The van der Waals surface area contributed by atoms with Gasteiger partial charge in [0.15, 0.2) is 4.90 Å². The van der Waals surface area contributed by atoms with E-state index < -0.39 is 26.6 Å². The van der Waals surface area contributed by atoms with E-state index in [1.165, 1.54) is 6.33 Å². The first-order valence-electron chi connectivity index (χ1n) is 9.21. The van der Waals surface area contributed by atoms with E-state index in [1.54, 1.807) is 18.5 Å². The molecule has 2 heterocycles. The van der Waals surface area contributed by atoms with Crippen LogP contribution in [0.4, 0.5) is 8.78 Å². The molecule has 1 N–H and O–H groups in total. The Balaban J connectivity index is 1.41. The van der Waals surface area contributed by atoms with Gasteiger partial charge in [0, 0.05) is 24.0 Å². The lowest BCUT2D eigenvalue weighted by atomic mass is 9.92. The van der Waals surface area contributed by atoms with Crippen molar-refractivity contribution in [1.29, 1.82) is 0 Å². The topological polar surface area (TPSA) is 89.8 Å². The van der Waals surface area contributed by atoms with Crippen LogP contribution in [0.5, 0.6) is 0 Å². The maximum Gasteiger partial charge on any atom is 0.246 e. The van der Waals surface area contributed by atoms with Gasteiger partial charge in [-0.05, 0) is 43.9 Å². The molecule has 7 nitrogen and oxygen atoms in total. The van der Waals surface area contributed by atoms with Crippen LogP contribution in [0.2, 0.25) is 0 Å². The fourth-order valence-electron chi connectivity index (χ4n) is 3.61. The number of halogens is 2. The molecule has 3 aromatic rings. The van der Waals surface area contributed by atoms with E-state index in [4.69, 9.17) is 0 Å². The molecule has 0 radical (unpaired) electrons. The van der Waals surface area contributed by atoms with Gasteiger partial charge in [-0.1, -0.05) is 6.07 Å². The van der Waals surface area contributed by atoms with E-state index >= 15 is 0 Å². The summed E-state index contributed by atoms with van der Waals surface area (Å²) in [5.74, 6) is -2.19. The van der Waals surface area contributed by atoms with E-state index in [0.29, 0.717) is 25.7 Å². The number of rotatable bonds is 5. The van der Waals surface area contributed by atoms with Crippen LogP contribution in [0.15, 0.2) is 54.1 Å². The summed E-state index contributed by atoms with van der Waals surface area (Å²) >= 11 is 0. The summed E-state index contributed by atoms with van der Waals surface area (Å²) in [7, 11) is -4.27. The van der Waals surface area contributed by atoms with Crippen molar-refractivity contribution < 1.29 is 17.2 Å². The molecule has 1 saturated carbocycles. The van der Waals surface area contributed by atoms with Gasteiger partial charge in [0.25, 0.3) is 0 Å². The highest BCUT2D eigenvalue weighted by Crippen LogP contribution is 2.30. The molecule has 0 saturated heterocycles. The summed E-state index contributed by atoms with van der Waals surface area (Å²) in [5, 5.41) is 4.41. The second-order valence-electron chi connectivity index (χ2n) is 6.98. The zero-order chi connectivity index (χ0) is 20.4. The quantitative estimate of drug-likeness (QED) is 0.687. The number of sulfonamides is 1. The second kappa shape index (κ2) is 7.96. The van der Waals surface area contributed by atoms with Gasteiger partial charge in [0.05, 0.1) is 17.9 Å². The third kappa shape index (κ3) is 4.18. The average Bonchev–Trinajstić information content (AvgIpc) is 3.19. The highest BCUT2D eigenvalue weighted by molar-refractivity contribution is 7.89. The van der Waals surface area contributed by atoms with Crippen molar-refractivity contribution in [2.75, 3.05) is 0 Å². The monoisotopic (exact) mass is 419 g/mol. The van der Waals surface area contributed by atoms with Crippen molar-refractivity contribution in [2.24, 2.45) is 0 Å². The van der Waals surface area contributed by atoms with Crippen molar-refractivity contribution in [1.82, 2.24) is 24.5 Å². The van der Waals surface area contributed by atoms with Gasteiger partial charge in [-0.3, -0.25) is 4.68 Å². The fraction of sp³-hybridized carbons (Fsp3) is 0.316. The summed E-state index contributed by atoms with van der Waals surface area (Å²) in [6.07, 6.45) is 9.25. The fourth-order valence-corrected chi connectivity index (χ4v) is 5.05. The molecule has 1 aliphatic carbocycles. The van der Waals surface area contributed by atoms with Gasteiger partial charge in [0.2, 0.25) is 10.0 Å². The summed E-state index contributed by atoms with van der Waals surface area (Å²) < 4.78 is 56.9. The van der Waals surface area contributed by atoms with Crippen LogP contribution in [0.3, 0.4) is 0 Å². The van der Waals surface area contributed by atoms with Crippen LogP contribution in [-0.4, -0.2) is 34.2 Å². The maximum absolute atomic E-state index is 13.8. The van der Waals surface area contributed by atoms with Crippen molar-refractivity contribution in [3.8, 4) is 11.3 Å². The third-order valence-corrected chi connectivity index (χ3v) is 6.63. The van der Waals surface area contributed by atoms with Crippen LogP contribution in [0.1, 0.15) is 31.7 Å². The van der Waals surface area contributed by atoms with Gasteiger partial charge in [-0.15, -0.1) is 0 Å². The summed E-state index contributed by atoms with van der Waals surface area (Å²) in [6, 6.07) is 4.54. The Morgan fingerprint density at radius 3 is 2.45 bits per heavy atom. The number of hydrogen-bond acceptors (Lipinski definition) is 5. The van der Waals surface area contributed by atoms with Gasteiger partial charge < -0.3 is 0 Å². The Hall–Kier alpha value is -2.72. The Morgan fingerprint density at radius 1 is 1.07 bits per heavy atom. The Labute approximate surface area is 166 Å². The first-order valence-corrected chi connectivity index (χ1v) is 10.7. The van der Waals surface area contributed by atoms with Gasteiger partial charge in [-0.2, -0.15) is 5.10 Å². The Bertz CT molecular complexity index is 1080. The SMILES string of the molecule is O=S(=O)(NC1CCC(n2cc(-c3ccncn3)cn2)CC1)c1c(F)cccc1F. The highest BCUT2D eigenvalue weighted by atomic mass is 32.2. The van der Waals surface area contributed by atoms with Crippen molar-refractivity contribution >= 4 is 10.0 Å². The largest absolute Gasteiger partial charge is 0.269 e. The van der Waals surface area contributed by atoms with E-state index in [0.717, 1.165) is 29.5 Å². The van der Waals surface area contributed by atoms with Gasteiger partial charge in [0.1, 0.15) is 18.0 Å². The first-order chi connectivity index (χ1) is 13.9. The van der Waals surface area contributed by atoms with E-state index in [1.807, 2.05) is 10.9 Å². The zero-order valence-electron chi connectivity index (χ0n) is 15.4. The van der Waals surface area contributed by atoms with Crippen LogP contribution in [0.25, 0.3) is 11.3 Å². The number of nitrogens with zero attached hydrogens (tertiary/aromatic N) is 4. The van der Waals surface area contributed by atoms with Crippen LogP contribution < -0.4 is 4.72 Å². The molecule has 4 rings (SSSR count). The van der Waals surface area contributed by atoms with Gasteiger partial charge in [-0.25, -0.2) is 31.9 Å². The molecule has 0 spiro atoms. The lowest BCUT2D eigenvalue weighted by molar-refractivity contribution is 0.293. The van der Waals surface area contributed by atoms with E-state index in [2.05, 4.69) is 19.8 Å². The molecular formula is C19H19F2N5O2S. The summed E-state index contributed by atoms with van der Waals surface area (Å²) in [6.45, 7) is 0. The lowest BCUT2D eigenvalue weighted by Crippen LogP contribution is -2.38. The number of aromatic nitrogens is 4. The molecule has 10 heteroatoms. The zero-order valence-corrected chi connectivity index (χ0v) is 16.2. The first kappa shape index (κ1) is 19.6. The minimum absolute atomic E-state index is 0.122. The summed E-state index contributed by atoms with van der Waals surface area (Å²) in [5.41, 5.74) is 1.66. The van der Waals surface area contributed by atoms with Crippen LogP contribution in [0, 0.1) is 11.6 Å². The predicted octanol–water partition coefficient (Wildman–Crippen LogP) is 3.08. The molecule has 0 atom stereocenters. The molecule has 0 amide bonds. The molecule has 1 fully saturated rings. The molecule has 29 heavy (non-hydrogen) atoms. The average molecular weight is 419 g/mol. The minimum Gasteiger partial charge on any atom is -0.269 e. The Kier molecular flexibility index (Phi) is 5.37. The molecular weight excluding hydrogens is 400 g/mol. The number of nitrogens with one attached hydrogen (secondary N) is 1. The standard InChI is InChI=1S/C19H19F2N5O2S/c20-16-2-1-3-17(21)19(16)29(27,28)25-14-4-6-15(7-5-14)26-11-13(10-24-26)18-8-9-22-12-23-18/h1-3,8-12,14-15,25H,4-7H2.